The van der Waals surface area contributed by atoms with E-state index < -0.39 is 0 Å². The summed E-state index contributed by atoms with van der Waals surface area (Å²) in [5, 5.41) is 3.53. The molecule has 0 radical (unpaired) electrons. The molecule has 2 heterocycles. The van der Waals surface area contributed by atoms with Crippen molar-refractivity contribution < 1.29 is 9.53 Å². The van der Waals surface area contributed by atoms with Gasteiger partial charge in [-0.2, -0.15) is 11.8 Å². The van der Waals surface area contributed by atoms with Crippen LogP contribution in [0.5, 0.6) is 0 Å². The van der Waals surface area contributed by atoms with Crippen LogP contribution in [0, 0.1) is 0 Å². The maximum Gasteiger partial charge on any atom is 0.232 e. The summed E-state index contributed by atoms with van der Waals surface area (Å²) in [7, 11) is 1.73. The molecule has 1 unspecified atom stereocenters. The molecule has 0 bridgehead atoms. The molecular weight excluding hydrogens is 280 g/mol. The molecule has 0 aromatic rings. The maximum absolute atomic E-state index is 11.9. The molecule has 0 aromatic heterocycles. The van der Waals surface area contributed by atoms with E-state index in [-0.39, 0.29) is 0 Å². The third-order valence-electron chi connectivity index (χ3n) is 3.69. The minimum absolute atomic E-state index is 0.314. The molecule has 2 fully saturated rings. The molecule has 2 aliphatic rings. The average Bonchev–Trinajstić information content (AvgIpc) is 2.79. The first-order valence-corrected chi connectivity index (χ1v) is 9.05. The van der Waals surface area contributed by atoms with Gasteiger partial charge in [0.15, 0.2) is 0 Å². The molecule has 0 aliphatic carbocycles. The number of carbonyl (C=O) groups excluding carboxylic acids is 1. The number of ether oxygens (including phenoxy) is 1. The van der Waals surface area contributed by atoms with Gasteiger partial charge in [0, 0.05) is 38.5 Å². The Balaban J connectivity index is 1.67. The highest BCUT2D eigenvalue weighted by Gasteiger charge is 2.50. The number of nitrogens with one attached hydrogen (secondary N) is 1. The molecule has 2 aliphatic heterocycles. The number of methoxy groups -OCH3 is 1. The van der Waals surface area contributed by atoms with Gasteiger partial charge in [0.25, 0.3) is 0 Å². The second-order valence-electron chi connectivity index (χ2n) is 5.23. The first-order chi connectivity index (χ1) is 9.19. The van der Waals surface area contributed by atoms with Crippen LogP contribution in [0.4, 0.5) is 0 Å². The number of rotatable bonds is 7. The minimum atomic E-state index is 0.314. The first-order valence-electron chi connectivity index (χ1n) is 6.91. The maximum atomic E-state index is 11.9. The Bertz CT molecular complexity index is 309. The summed E-state index contributed by atoms with van der Waals surface area (Å²) < 4.78 is 5.40. The molecule has 4 nitrogen and oxygen atoms in total. The van der Waals surface area contributed by atoms with Crippen LogP contribution in [0.1, 0.15) is 13.3 Å². The fourth-order valence-corrected chi connectivity index (χ4v) is 4.83. The first kappa shape index (κ1) is 15.5. The van der Waals surface area contributed by atoms with Crippen molar-refractivity contribution in [2.45, 2.75) is 24.1 Å². The molecule has 0 saturated carbocycles. The fraction of sp³-hybridized carbons (Fsp3) is 0.923. The molecule has 2 saturated heterocycles. The van der Waals surface area contributed by atoms with Gasteiger partial charge in [-0.1, -0.05) is 6.92 Å². The number of nitrogens with zero attached hydrogens (tertiary/aromatic N) is 1. The Morgan fingerprint density at radius 3 is 3.05 bits per heavy atom. The molecular formula is C13H24N2O2S2. The van der Waals surface area contributed by atoms with Gasteiger partial charge in [0.05, 0.1) is 17.1 Å². The van der Waals surface area contributed by atoms with Crippen LogP contribution >= 0.6 is 23.5 Å². The van der Waals surface area contributed by atoms with Crippen molar-refractivity contribution in [1.82, 2.24) is 10.2 Å². The third-order valence-corrected chi connectivity index (χ3v) is 6.15. The van der Waals surface area contributed by atoms with Crippen LogP contribution in [0.15, 0.2) is 0 Å². The smallest absolute Gasteiger partial charge is 0.232 e. The van der Waals surface area contributed by atoms with Crippen molar-refractivity contribution in [3.05, 3.63) is 0 Å². The molecule has 1 spiro atoms. The summed E-state index contributed by atoms with van der Waals surface area (Å²) in [6.07, 6.45) is 1.19. The molecule has 1 atom stereocenters. The van der Waals surface area contributed by atoms with E-state index in [2.05, 4.69) is 12.2 Å². The van der Waals surface area contributed by atoms with Crippen molar-refractivity contribution in [3.8, 4) is 0 Å². The Morgan fingerprint density at radius 1 is 1.58 bits per heavy atom. The molecule has 1 N–H and O–H groups in total. The van der Waals surface area contributed by atoms with E-state index in [4.69, 9.17) is 4.74 Å². The average molecular weight is 304 g/mol. The van der Waals surface area contributed by atoms with Gasteiger partial charge >= 0.3 is 0 Å². The number of hydrogen-bond donors (Lipinski definition) is 1. The highest BCUT2D eigenvalue weighted by molar-refractivity contribution is 8.01. The van der Waals surface area contributed by atoms with Crippen LogP contribution in [0.3, 0.4) is 0 Å². The lowest BCUT2D eigenvalue weighted by Gasteiger charge is -2.47. The van der Waals surface area contributed by atoms with E-state index in [1.165, 1.54) is 6.42 Å². The van der Waals surface area contributed by atoms with Crippen LogP contribution in [-0.4, -0.2) is 72.2 Å². The third kappa shape index (κ3) is 4.03. The van der Waals surface area contributed by atoms with Gasteiger partial charge in [-0.3, -0.25) is 4.79 Å². The summed E-state index contributed by atoms with van der Waals surface area (Å²) in [6.45, 7) is 5.69. The summed E-state index contributed by atoms with van der Waals surface area (Å²) in [5.41, 5.74) is 0. The van der Waals surface area contributed by atoms with Crippen LogP contribution in [-0.2, 0) is 9.53 Å². The zero-order valence-corrected chi connectivity index (χ0v) is 13.4. The predicted octanol–water partition coefficient (Wildman–Crippen LogP) is 1.06. The van der Waals surface area contributed by atoms with Crippen molar-refractivity contribution in [2.24, 2.45) is 0 Å². The van der Waals surface area contributed by atoms with Crippen LogP contribution < -0.4 is 5.32 Å². The van der Waals surface area contributed by atoms with Crippen molar-refractivity contribution in [2.75, 3.05) is 50.6 Å². The van der Waals surface area contributed by atoms with Gasteiger partial charge in [-0.15, -0.1) is 11.8 Å². The molecule has 0 aromatic carbocycles. The molecule has 6 heteroatoms. The van der Waals surface area contributed by atoms with Crippen LogP contribution in [0.2, 0.25) is 0 Å². The van der Waals surface area contributed by atoms with Gasteiger partial charge in [-0.25, -0.2) is 0 Å². The molecule has 19 heavy (non-hydrogen) atoms. The lowest BCUT2D eigenvalue weighted by atomic mass is 9.92. The Kier molecular flexibility index (Phi) is 5.87. The molecule has 2 rings (SSSR count). The van der Waals surface area contributed by atoms with Gasteiger partial charge in [-0.05, 0) is 12.2 Å². The van der Waals surface area contributed by atoms with Crippen molar-refractivity contribution in [3.63, 3.8) is 0 Å². The molecule has 1 amide bonds. The summed E-state index contributed by atoms with van der Waals surface area (Å²) in [4.78, 5) is 13.9. The Morgan fingerprint density at radius 2 is 2.37 bits per heavy atom. The monoisotopic (exact) mass is 304 g/mol. The summed E-state index contributed by atoms with van der Waals surface area (Å²) in [5.74, 6) is 3.14. The lowest BCUT2D eigenvalue weighted by Crippen LogP contribution is -2.61. The quantitative estimate of drug-likeness (QED) is 0.713. The minimum Gasteiger partial charge on any atom is -0.383 e. The van der Waals surface area contributed by atoms with Gasteiger partial charge in [0.1, 0.15) is 0 Å². The zero-order valence-electron chi connectivity index (χ0n) is 11.8. The van der Waals surface area contributed by atoms with E-state index in [0.717, 1.165) is 37.7 Å². The van der Waals surface area contributed by atoms with E-state index >= 15 is 0 Å². The number of amides is 1. The normalized spacial score (nSPS) is 24.7. The van der Waals surface area contributed by atoms with Gasteiger partial charge < -0.3 is 15.0 Å². The predicted molar refractivity (Wildman–Crippen MR) is 83.1 cm³/mol. The Labute approximate surface area is 124 Å². The number of hydrogen-bond acceptors (Lipinski definition) is 5. The van der Waals surface area contributed by atoms with E-state index in [0.29, 0.717) is 22.4 Å². The van der Waals surface area contributed by atoms with Crippen molar-refractivity contribution in [1.29, 1.82) is 0 Å². The van der Waals surface area contributed by atoms with E-state index in [1.54, 1.807) is 18.9 Å². The van der Waals surface area contributed by atoms with Crippen molar-refractivity contribution >= 4 is 29.4 Å². The summed E-state index contributed by atoms with van der Waals surface area (Å²) in [6, 6.07) is 0.586. The second-order valence-corrected chi connectivity index (χ2v) is 7.99. The van der Waals surface area contributed by atoms with Crippen LogP contribution in [0.25, 0.3) is 0 Å². The number of carbonyl (C=O) groups is 1. The Hall–Kier alpha value is 0.0900. The molecule has 110 valence electrons. The topological polar surface area (TPSA) is 41.6 Å². The largest absolute Gasteiger partial charge is 0.383 e. The number of likely N-dealkylation sites (tertiary alicyclic amines) is 1. The second kappa shape index (κ2) is 7.20. The lowest BCUT2D eigenvalue weighted by molar-refractivity contribution is -0.133. The summed E-state index contributed by atoms with van der Waals surface area (Å²) >= 11 is 3.75. The number of thioether (sulfide) groups is 2. The highest BCUT2D eigenvalue weighted by atomic mass is 32.2. The fourth-order valence-electron chi connectivity index (χ4n) is 2.67. The van der Waals surface area contributed by atoms with E-state index in [1.807, 2.05) is 16.7 Å². The highest BCUT2D eigenvalue weighted by Crippen LogP contribution is 2.45. The SMILES string of the molecule is CCSCC(=O)N1CC2(CC(NCCOC)CS2)C1. The van der Waals surface area contributed by atoms with E-state index in [9.17, 15) is 4.79 Å². The van der Waals surface area contributed by atoms with Gasteiger partial charge in [0.2, 0.25) is 5.91 Å². The standard InChI is InChI=1S/C13H24N2O2S2/c1-3-18-8-12(16)15-9-13(10-15)6-11(7-19-13)14-4-5-17-2/h11,14H,3-10H2,1-2H3. The zero-order chi connectivity index (χ0) is 13.7.